The molecule has 0 aliphatic rings. The van der Waals surface area contributed by atoms with Crippen LogP contribution in [0.2, 0.25) is 0 Å². The Bertz CT molecular complexity index is 721. The van der Waals surface area contributed by atoms with Gasteiger partial charge in [0, 0.05) is 0 Å². The van der Waals surface area contributed by atoms with Crippen LogP contribution in [0.3, 0.4) is 0 Å². The lowest BCUT2D eigenvalue weighted by atomic mass is 10.2. The molecule has 0 amide bonds. The monoisotopic (exact) mass is 303 g/mol. The second kappa shape index (κ2) is 6.45. The van der Waals surface area contributed by atoms with Crippen molar-refractivity contribution in [3.8, 4) is 5.75 Å². The molecule has 5 heteroatoms. The van der Waals surface area contributed by atoms with E-state index < -0.39 is 10.0 Å². The molecule has 0 saturated carbocycles. The highest BCUT2D eigenvalue weighted by molar-refractivity contribution is 7.92. The maximum absolute atomic E-state index is 12.4. The van der Waals surface area contributed by atoms with Crippen LogP contribution in [0.25, 0.3) is 0 Å². The Labute approximate surface area is 125 Å². The molecular formula is C16H17NO3S. The van der Waals surface area contributed by atoms with E-state index in [2.05, 4.69) is 11.3 Å². The van der Waals surface area contributed by atoms with Gasteiger partial charge in [0.1, 0.15) is 12.4 Å². The first-order valence-electron chi connectivity index (χ1n) is 6.45. The van der Waals surface area contributed by atoms with E-state index in [1.807, 2.05) is 6.92 Å². The summed E-state index contributed by atoms with van der Waals surface area (Å²) >= 11 is 0. The molecule has 0 aliphatic heterocycles. The molecule has 0 heterocycles. The number of nitrogens with one attached hydrogen (secondary N) is 1. The van der Waals surface area contributed by atoms with Crippen LogP contribution in [0.15, 0.2) is 66.1 Å². The van der Waals surface area contributed by atoms with Crippen LogP contribution < -0.4 is 9.46 Å². The molecule has 1 N–H and O–H groups in total. The highest BCUT2D eigenvalue weighted by Crippen LogP contribution is 2.26. The molecule has 21 heavy (non-hydrogen) atoms. The Morgan fingerprint density at radius 3 is 2.48 bits per heavy atom. The zero-order valence-corrected chi connectivity index (χ0v) is 12.6. The third-order valence-corrected chi connectivity index (χ3v) is 4.20. The van der Waals surface area contributed by atoms with Gasteiger partial charge in [0.2, 0.25) is 0 Å². The molecule has 0 aliphatic carbocycles. The van der Waals surface area contributed by atoms with Crippen LogP contribution in [-0.2, 0) is 10.0 Å². The predicted octanol–water partition coefficient (Wildman–Crippen LogP) is 3.36. The van der Waals surface area contributed by atoms with Crippen molar-refractivity contribution in [2.75, 3.05) is 11.3 Å². The minimum atomic E-state index is -3.63. The van der Waals surface area contributed by atoms with E-state index in [-0.39, 0.29) is 4.90 Å². The van der Waals surface area contributed by atoms with Gasteiger partial charge >= 0.3 is 0 Å². The van der Waals surface area contributed by atoms with Crippen molar-refractivity contribution in [2.45, 2.75) is 11.8 Å². The third-order valence-electron chi connectivity index (χ3n) is 2.82. The van der Waals surface area contributed by atoms with E-state index in [4.69, 9.17) is 4.74 Å². The number of rotatable bonds is 6. The first-order valence-corrected chi connectivity index (χ1v) is 7.93. The molecule has 0 fully saturated rings. The van der Waals surface area contributed by atoms with Crippen LogP contribution >= 0.6 is 0 Å². The van der Waals surface area contributed by atoms with Crippen molar-refractivity contribution < 1.29 is 13.2 Å². The standard InChI is InChI=1S/C16H17NO3S/c1-3-12-20-16-7-5-4-6-15(16)17-21(18,19)14-10-8-13(2)9-11-14/h3-11,17H,1,12H2,2H3. The summed E-state index contributed by atoms with van der Waals surface area (Å²) in [6.07, 6.45) is 1.60. The molecule has 0 spiro atoms. The van der Waals surface area contributed by atoms with Crippen LogP contribution in [0.1, 0.15) is 5.56 Å². The third kappa shape index (κ3) is 3.86. The lowest BCUT2D eigenvalue weighted by Gasteiger charge is -2.12. The van der Waals surface area contributed by atoms with Gasteiger partial charge in [-0.15, -0.1) is 0 Å². The molecule has 0 radical (unpaired) electrons. The van der Waals surface area contributed by atoms with Gasteiger partial charge in [0.15, 0.2) is 0 Å². The number of aryl methyl sites for hydroxylation is 1. The number of ether oxygens (including phenoxy) is 1. The van der Waals surface area contributed by atoms with Gasteiger partial charge in [-0.3, -0.25) is 4.72 Å². The quantitative estimate of drug-likeness (QED) is 0.833. The van der Waals surface area contributed by atoms with Crippen LogP contribution in [0.5, 0.6) is 5.75 Å². The summed E-state index contributed by atoms with van der Waals surface area (Å²) in [5, 5.41) is 0. The number of hydrogen-bond donors (Lipinski definition) is 1. The summed E-state index contributed by atoms with van der Waals surface area (Å²) in [6.45, 7) is 5.79. The normalized spacial score (nSPS) is 10.9. The Hall–Kier alpha value is -2.27. The molecule has 4 nitrogen and oxygen atoms in total. The molecule has 0 bridgehead atoms. The first-order chi connectivity index (χ1) is 10.0. The highest BCUT2D eigenvalue weighted by Gasteiger charge is 2.16. The molecule has 110 valence electrons. The van der Waals surface area contributed by atoms with E-state index in [1.54, 1.807) is 54.6 Å². The summed E-state index contributed by atoms with van der Waals surface area (Å²) in [4.78, 5) is 0.214. The largest absolute Gasteiger partial charge is 0.487 e. The summed E-state index contributed by atoms with van der Waals surface area (Å²) < 4.78 is 32.7. The SMILES string of the molecule is C=CCOc1ccccc1NS(=O)(=O)c1ccc(C)cc1. The van der Waals surface area contributed by atoms with Gasteiger partial charge in [-0.05, 0) is 31.2 Å². The molecular weight excluding hydrogens is 286 g/mol. The van der Waals surface area contributed by atoms with Gasteiger partial charge in [0.05, 0.1) is 10.6 Å². The fraction of sp³-hybridized carbons (Fsp3) is 0.125. The minimum Gasteiger partial charge on any atom is -0.487 e. The molecule has 0 atom stereocenters. The number of sulfonamides is 1. The smallest absolute Gasteiger partial charge is 0.262 e. The Kier molecular flexibility index (Phi) is 4.65. The molecule has 2 aromatic rings. The summed E-state index contributed by atoms with van der Waals surface area (Å²) in [7, 11) is -3.63. The van der Waals surface area contributed by atoms with Gasteiger partial charge in [0.25, 0.3) is 10.0 Å². The van der Waals surface area contributed by atoms with Crippen molar-refractivity contribution in [1.29, 1.82) is 0 Å². The number of para-hydroxylation sites is 2. The van der Waals surface area contributed by atoms with E-state index in [1.165, 1.54) is 0 Å². The van der Waals surface area contributed by atoms with E-state index in [0.29, 0.717) is 18.0 Å². The van der Waals surface area contributed by atoms with Gasteiger partial charge in [-0.25, -0.2) is 8.42 Å². The fourth-order valence-electron chi connectivity index (χ4n) is 1.75. The van der Waals surface area contributed by atoms with Gasteiger partial charge < -0.3 is 4.74 Å². The van der Waals surface area contributed by atoms with Crippen molar-refractivity contribution >= 4 is 15.7 Å². The van der Waals surface area contributed by atoms with Gasteiger partial charge in [-0.2, -0.15) is 0 Å². The molecule has 0 aromatic heterocycles. The Balaban J connectivity index is 2.28. The number of anilines is 1. The maximum atomic E-state index is 12.4. The summed E-state index contributed by atoms with van der Waals surface area (Å²) in [5.74, 6) is 0.466. The van der Waals surface area contributed by atoms with Crippen LogP contribution in [0.4, 0.5) is 5.69 Å². The summed E-state index contributed by atoms with van der Waals surface area (Å²) in [6, 6.07) is 13.6. The molecule has 0 unspecified atom stereocenters. The average Bonchev–Trinajstić information content (AvgIpc) is 2.46. The van der Waals surface area contributed by atoms with Crippen molar-refractivity contribution in [1.82, 2.24) is 0 Å². The highest BCUT2D eigenvalue weighted by atomic mass is 32.2. The second-order valence-corrected chi connectivity index (χ2v) is 6.20. The first kappa shape index (κ1) is 15.1. The maximum Gasteiger partial charge on any atom is 0.262 e. The average molecular weight is 303 g/mol. The lowest BCUT2D eigenvalue weighted by molar-refractivity contribution is 0.365. The molecule has 0 saturated heterocycles. The van der Waals surface area contributed by atoms with Gasteiger partial charge in [-0.1, -0.05) is 42.5 Å². The molecule has 2 rings (SSSR count). The van der Waals surface area contributed by atoms with E-state index in [9.17, 15) is 8.42 Å². The van der Waals surface area contributed by atoms with Crippen molar-refractivity contribution in [2.24, 2.45) is 0 Å². The summed E-state index contributed by atoms with van der Waals surface area (Å²) in [5.41, 5.74) is 1.41. The zero-order valence-electron chi connectivity index (χ0n) is 11.7. The fourth-order valence-corrected chi connectivity index (χ4v) is 2.82. The Morgan fingerprint density at radius 1 is 1.14 bits per heavy atom. The molecule has 2 aromatic carbocycles. The Morgan fingerprint density at radius 2 is 1.81 bits per heavy atom. The van der Waals surface area contributed by atoms with Crippen LogP contribution in [0, 0.1) is 6.92 Å². The second-order valence-electron chi connectivity index (χ2n) is 4.51. The number of hydrogen-bond acceptors (Lipinski definition) is 3. The lowest BCUT2D eigenvalue weighted by Crippen LogP contribution is -2.13. The topological polar surface area (TPSA) is 55.4 Å². The van der Waals surface area contributed by atoms with Crippen molar-refractivity contribution in [3.63, 3.8) is 0 Å². The van der Waals surface area contributed by atoms with E-state index in [0.717, 1.165) is 5.56 Å². The zero-order chi connectivity index (χ0) is 15.3. The predicted molar refractivity (Wildman–Crippen MR) is 84.1 cm³/mol. The minimum absolute atomic E-state index is 0.214. The van der Waals surface area contributed by atoms with E-state index >= 15 is 0 Å². The number of benzene rings is 2. The van der Waals surface area contributed by atoms with Crippen molar-refractivity contribution in [3.05, 3.63) is 66.7 Å². The van der Waals surface area contributed by atoms with Crippen LogP contribution in [-0.4, -0.2) is 15.0 Å².